The Labute approximate surface area is 167 Å². The van der Waals surface area contributed by atoms with Crippen molar-refractivity contribution in [1.29, 1.82) is 0 Å². The highest BCUT2D eigenvalue weighted by atomic mass is 32.2. The lowest BCUT2D eigenvalue weighted by atomic mass is 9.95. The van der Waals surface area contributed by atoms with Crippen molar-refractivity contribution in [2.24, 2.45) is 5.92 Å². The molecule has 0 unspecified atom stereocenters. The van der Waals surface area contributed by atoms with Crippen molar-refractivity contribution in [3.63, 3.8) is 0 Å². The van der Waals surface area contributed by atoms with Gasteiger partial charge in [-0.05, 0) is 48.9 Å². The maximum atomic E-state index is 13.4. The number of nitrogens with one attached hydrogen (secondary N) is 1. The van der Waals surface area contributed by atoms with Gasteiger partial charge in [0.05, 0.1) is 4.90 Å². The first-order valence-corrected chi connectivity index (χ1v) is 11.2. The summed E-state index contributed by atoms with van der Waals surface area (Å²) in [5.74, 6) is 0.241. The Morgan fingerprint density at radius 1 is 1.11 bits per heavy atom. The highest BCUT2D eigenvalue weighted by molar-refractivity contribution is 7.89. The zero-order chi connectivity index (χ0) is 20.3. The minimum atomic E-state index is -3.78. The first-order valence-electron chi connectivity index (χ1n) is 9.72. The molecule has 0 fully saturated rings. The van der Waals surface area contributed by atoms with Crippen LogP contribution >= 0.6 is 0 Å². The van der Waals surface area contributed by atoms with Crippen LogP contribution in [0.1, 0.15) is 37.0 Å². The van der Waals surface area contributed by atoms with Crippen LogP contribution in [0.25, 0.3) is 0 Å². The lowest BCUT2D eigenvalue weighted by Crippen LogP contribution is -2.52. The van der Waals surface area contributed by atoms with Gasteiger partial charge in [-0.2, -0.15) is 4.31 Å². The summed E-state index contributed by atoms with van der Waals surface area (Å²) in [7, 11) is -3.78. The average Bonchev–Trinajstić information content (AvgIpc) is 2.67. The van der Waals surface area contributed by atoms with E-state index in [-0.39, 0.29) is 17.3 Å². The summed E-state index contributed by atoms with van der Waals surface area (Å²) >= 11 is 0. The molecule has 1 atom stereocenters. The second-order valence-electron chi connectivity index (χ2n) is 7.83. The van der Waals surface area contributed by atoms with Crippen LogP contribution in [0, 0.1) is 12.8 Å². The van der Waals surface area contributed by atoms with Crippen LogP contribution in [-0.2, 0) is 27.8 Å². The highest BCUT2D eigenvalue weighted by Crippen LogP contribution is 2.29. The van der Waals surface area contributed by atoms with E-state index in [0.29, 0.717) is 18.9 Å². The van der Waals surface area contributed by atoms with Gasteiger partial charge in [0, 0.05) is 13.1 Å². The molecule has 2 aromatic rings. The Bertz CT molecular complexity index is 937. The lowest BCUT2D eigenvalue weighted by Gasteiger charge is -2.35. The summed E-state index contributed by atoms with van der Waals surface area (Å²) in [4.78, 5) is 13.1. The average molecular weight is 401 g/mol. The number of sulfonamides is 1. The number of carbonyl (C=O) groups excluding carboxylic acids is 1. The van der Waals surface area contributed by atoms with E-state index >= 15 is 0 Å². The number of nitrogens with zero attached hydrogens (tertiary/aromatic N) is 1. The number of fused-ring (bicyclic) bond motifs is 1. The number of benzene rings is 2. The second kappa shape index (κ2) is 8.45. The molecule has 0 radical (unpaired) electrons. The molecule has 1 aliphatic rings. The van der Waals surface area contributed by atoms with E-state index in [9.17, 15) is 13.2 Å². The van der Waals surface area contributed by atoms with Crippen molar-refractivity contribution in [1.82, 2.24) is 9.62 Å². The number of carbonyl (C=O) groups is 1. The lowest BCUT2D eigenvalue weighted by molar-refractivity contribution is -0.125. The van der Waals surface area contributed by atoms with E-state index in [4.69, 9.17) is 0 Å². The van der Waals surface area contributed by atoms with Gasteiger partial charge in [0.15, 0.2) is 0 Å². The maximum Gasteiger partial charge on any atom is 0.244 e. The molecule has 3 rings (SSSR count). The van der Waals surface area contributed by atoms with Gasteiger partial charge < -0.3 is 5.32 Å². The number of hydrogen-bond acceptors (Lipinski definition) is 3. The first kappa shape index (κ1) is 20.6. The van der Waals surface area contributed by atoms with Gasteiger partial charge in [-0.1, -0.05) is 55.8 Å². The quantitative estimate of drug-likeness (QED) is 0.809. The van der Waals surface area contributed by atoms with E-state index in [2.05, 4.69) is 19.2 Å². The third kappa shape index (κ3) is 4.45. The van der Waals surface area contributed by atoms with Crippen LogP contribution in [0.15, 0.2) is 53.4 Å². The van der Waals surface area contributed by atoms with Crippen molar-refractivity contribution in [3.8, 4) is 0 Å². The van der Waals surface area contributed by atoms with Gasteiger partial charge in [-0.25, -0.2) is 8.42 Å². The monoisotopic (exact) mass is 400 g/mol. The molecular formula is C22H28N2O3S. The molecule has 0 bridgehead atoms. The molecule has 28 heavy (non-hydrogen) atoms. The fourth-order valence-electron chi connectivity index (χ4n) is 3.42. The van der Waals surface area contributed by atoms with Crippen LogP contribution < -0.4 is 5.32 Å². The van der Waals surface area contributed by atoms with E-state index in [1.165, 1.54) is 4.31 Å². The Kier molecular flexibility index (Phi) is 6.20. The molecular weight excluding hydrogens is 372 g/mol. The largest absolute Gasteiger partial charge is 0.355 e. The highest BCUT2D eigenvalue weighted by Gasteiger charge is 2.39. The molecule has 0 saturated carbocycles. The maximum absolute atomic E-state index is 13.4. The van der Waals surface area contributed by atoms with Gasteiger partial charge in [0.25, 0.3) is 0 Å². The second-order valence-corrected chi connectivity index (χ2v) is 9.72. The zero-order valence-corrected chi connectivity index (χ0v) is 17.5. The van der Waals surface area contributed by atoms with Gasteiger partial charge in [-0.3, -0.25) is 4.79 Å². The Morgan fingerprint density at radius 2 is 1.75 bits per heavy atom. The molecule has 0 aromatic heterocycles. The number of aryl methyl sites for hydroxylation is 1. The zero-order valence-electron chi connectivity index (χ0n) is 16.7. The van der Waals surface area contributed by atoms with Gasteiger partial charge in [-0.15, -0.1) is 0 Å². The summed E-state index contributed by atoms with van der Waals surface area (Å²) in [5.41, 5.74) is 2.97. The molecule has 0 aliphatic carbocycles. The Morgan fingerprint density at radius 3 is 2.39 bits per heavy atom. The van der Waals surface area contributed by atoms with E-state index in [1.807, 2.05) is 31.2 Å². The van der Waals surface area contributed by atoms with E-state index in [1.54, 1.807) is 24.3 Å². The molecule has 6 heteroatoms. The van der Waals surface area contributed by atoms with Gasteiger partial charge in [0.1, 0.15) is 6.04 Å². The smallest absolute Gasteiger partial charge is 0.244 e. The summed E-state index contributed by atoms with van der Waals surface area (Å²) in [6.07, 6.45) is 1.24. The predicted octanol–water partition coefficient (Wildman–Crippen LogP) is 3.27. The fourth-order valence-corrected chi connectivity index (χ4v) is 4.99. The Balaban J connectivity index is 1.92. The predicted molar refractivity (Wildman–Crippen MR) is 110 cm³/mol. The molecule has 1 aliphatic heterocycles. The summed E-state index contributed by atoms with van der Waals surface area (Å²) in [6.45, 7) is 6.86. The number of rotatable bonds is 6. The van der Waals surface area contributed by atoms with Crippen LogP contribution in [0.2, 0.25) is 0 Å². The van der Waals surface area contributed by atoms with Crippen molar-refractivity contribution in [2.45, 2.75) is 51.1 Å². The van der Waals surface area contributed by atoms with Crippen molar-refractivity contribution >= 4 is 15.9 Å². The Hall–Kier alpha value is -2.18. The standard InChI is InChI=1S/C22H28N2O3S/c1-16(2)12-13-23-22(25)21-14-18-6-4-5-7-19(18)15-24(21)28(26,27)20-10-8-17(3)9-11-20/h4-11,16,21H,12-15H2,1-3H3,(H,23,25)/t21-/m1/s1. The van der Waals surface area contributed by atoms with Crippen LogP contribution in [0.4, 0.5) is 0 Å². The topological polar surface area (TPSA) is 66.5 Å². The summed E-state index contributed by atoms with van der Waals surface area (Å²) < 4.78 is 28.1. The van der Waals surface area contributed by atoms with Gasteiger partial charge >= 0.3 is 0 Å². The molecule has 1 N–H and O–H groups in total. The molecule has 1 heterocycles. The van der Waals surface area contributed by atoms with Crippen molar-refractivity contribution in [2.75, 3.05) is 6.54 Å². The summed E-state index contributed by atoms with van der Waals surface area (Å²) in [5, 5.41) is 2.93. The summed E-state index contributed by atoms with van der Waals surface area (Å²) in [6, 6.07) is 13.8. The SMILES string of the molecule is Cc1ccc(S(=O)(=O)N2Cc3ccccc3C[C@@H]2C(=O)NCCC(C)C)cc1. The number of hydrogen-bond donors (Lipinski definition) is 1. The number of amides is 1. The third-order valence-corrected chi connectivity index (χ3v) is 7.03. The van der Waals surface area contributed by atoms with Crippen LogP contribution in [0.3, 0.4) is 0 Å². The molecule has 0 spiro atoms. The molecule has 2 aromatic carbocycles. The minimum absolute atomic E-state index is 0.203. The minimum Gasteiger partial charge on any atom is -0.355 e. The van der Waals surface area contributed by atoms with Crippen LogP contribution in [-0.4, -0.2) is 31.2 Å². The molecule has 1 amide bonds. The molecule has 5 nitrogen and oxygen atoms in total. The fraction of sp³-hybridized carbons (Fsp3) is 0.409. The molecule has 150 valence electrons. The third-order valence-electron chi connectivity index (χ3n) is 5.16. The van der Waals surface area contributed by atoms with Crippen molar-refractivity contribution < 1.29 is 13.2 Å². The van der Waals surface area contributed by atoms with Crippen molar-refractivity contribution in [3.05, 3.63) is 65.2 Å². The van der Waals surface area contributed by atoms with Gasteiger partial charge in [0.2, 0.25) is 15.9 Å². The van der Waals surface area contributed by atoms with Crippen LogP contribution in [0.5, 0.6) is 0 Å². The first-order chi connectivity index (χ1) is 13.3. The normalized spacial score (nSPS) is 17.4. The van der Waals surface area contributed by atoms with E-state index in [0.717, 1.165) is 23.1 Å². The molecule has 0 saturated heterocycles. The van der Waals surface area contributed by atoms with E-state index < -0.39 is 16.1 Å².